The molecule has 2 N–H and O–H groups in total. The molecular weight excluding hydrogens is 264 g/mol. The van der Waals surface area contributed by atoms with E-state index in [-0.39, 0.29) is 0 Å². The predicted molar refractivity (Wildman–Crippen MR) is 85.9 cm³/mol. The normalized spacial score (nSPS) is 10.2. The molecule has 112 valence electrons. The summed E-state index contributed by atoms with van der Waals surface area (Å²) in [6, 6.07) is 8.01. The first-order valence-electron chi connectivity index (χ1n) is 7.17. The van der Waals surface area contributed by atoms with Gasteiger partial charge in [0.1, 0.15) is 23.7 Å². The van der Waals surface area contributed by atoms with E-state index in [9.17, 15) is 0 Å². The van der Waals surface area contributed by atoms with Crippen LogP contribution in [0.25, 0.3) is 0 Å². The molecule has 0 bridgehead atoms. The lowest BCUT2D eigenvalue weighted by atomic mass is 10.1. The summed E-state index contributed by atoms with van der Waals surface area (Å²) in [7, 11) is 3.56. The monoisotopic (exact) mass is 286 g/mol. The molecule has 1 aromatic carbocycles. The van der Waals surface area contributed by atoms with Gasteiger partial charge >= 0.3 is 0 Å². The Morgan fingerprint density at radius 2 is 2.00 bits per heavy atom. The lowest BCUT2D eigenvalue weighted by Crippen LogP contribution is -2.08. The zero-order valence-corrected chi connectivity index (χ0v) is 12.8. The van der Waals surface area contributed by atoms with Gasteiger partial charge in [0.2, 0.25) is 0 Å². The summed E-state index contributed by atoms with van der Waals surface area (Å²) in [5.74, 6) is 2.64. The fourth-order valence-corrected chi connectivity index (χ4v) is 2.24. The molecule has 1 aromatic heterocycles. The number of rotatable bonds is 7. The van der Waals surface area contributed by atoms with Crippen LogP contribution in [0.1, 0.15) is 24.5 Å². The van der Waals surface area contributed by atoms with Crippen molar-refractivity contribution >= 4 is 11.6 Å². The first-order valence-corrected chi connectivity index (χ1v) is 7.17. The molecule has 0 aliphatic rings. The number of methoxy groups -OCH3 is 1. The molecule has 0 fully saturated rings. The fraction of sp³-hybridized carbons (Fsp3) is 0.375. The minimum absolute atomic E-state index is 0.702. The highest BCUT2D eigenvalue weighted by Gasteiger charge is 2.09. The Bertz CT molecular complexity index is 586. The second kappa shape index (κ2) is 7.47. The Kier molecular flexibility index (Phi) is 5.37. The third kappa shape index (κ3) is 3.84. The quantitative estimate of drug-likeness (QED) is 0.819. The highest BCUT2D eigenvalue weighted by Crippen LogP contribution is 2.22. The average molecular weight is 286 g/mol. The number of nitrogens with zero attached hydrogens (tertiary/aromatic N) is 2. The molecule has 0 aliphatic carbocycles. The Hall–Kier alpha value is -2.30. The number of aromatic nitrogens is 2. The van der Waals surface area contributed by atoms with Crippen LogP contribution in [0.5, 0.6) is 5.75 Å². The molecule has 0 saturated heterocycles. The van der Waals surface area contributed by atoms with E-state index in [1.54, 1.807) is 13.4 Å². The van der Waals surface area contributed by atoms with Gasteiger partial charge in [0.05, 0.1) is 7.11 Å². The van der Waals surface area contributed by atoms with Gasteiger partial charge in [-0.05, 0) is 24.1 Å². The number of nitrogens with one attached hydrogen (secondary N) is 2. The summed E-state index contributed by atoms with van der Waals surface area (Å²) < 4.78 is 5.24. The van der Waals surface area contributed by atoms with Gasteiger partial charge < -0.3 is 15.4 Å². The third-order valence-corrected chi connectivity index (χ3v) is 3.28. The molecule has 5 heteroatoms. The molecule has 5 nitrogen and oxygen atoms in total. The Labute approximate surface area is 125 Å². The second-order valence-electron chi connectivity index (χ2n) is 4.75. The molecular formula is C16H22N4O. The SMILES string of the molecule is CCCc1c(NC)ncnc1NCc1cccc(OC)c1. The van der Waals surface area contributed by atoms with Gasteiger partial charge in [-0.2, -0.15) is 0 Å². The van der Waals surface area contributed by atoms with Crippen LogP contribution in [0.2, 0.25) is 0 Å². The van der Waals surface area contributed by atoms with Crippen molar-refractivity contribution in [2.24, 2.45) is 0 Å². The number of ether oxygens (including phenoxy) is 1. The lowest BCUT2D eigenvalue weighted by Gasteiger charge is -2.14. The molecule has 2 aromatic rings. The van der Waals surface area contributed by atoms with Crippen molar-refractivity contribution in [3.63, 3.8) is 0 Å². The number of anilines is 2. The molecule has 0 unspecified atom stereocenters. The van der Waals surface area contributed by atoms with Crippen LogP contribution in [0.3, 0.4) is 0 Å². The van der Waals surface area contributed by atoms with Crippen molar-refractivity contribution < 1.29 is 4.74 Å². The number of benzene rings is 1. The van der Waals surface area contributed by atoms with Crippen LogP contribution in [0, 0.1) is 0 Å². The van der Waals surface area contributed by atoms with Gasteiger partial charge in [-0.3, -0.25) is 0 Å². The van der Waals surface area contributed by atoms with E-state index in [0.717, 1.165) is 41.4 Å². The van der Waals surface area contributed by atoms with Crippen LogP contribution in [0.15, 0.2) is 30.6 Å². The molecule has 2 rings (SSSR count). The summed E-state index contributed by atoms with van der Waals surface area (Å²) in [4.78, 5) is 8.65. The van der Waals surface area contributed by atoms with Gasteiger partial charge in [0.15, 0.2) is 0 Å². The summed E-state index contributed by atoms with van der Waals surface area (Å²) in [6.45, 7) is 2.85. The van der Waals surface area contributed by atoms with E-state index in [1.807, 2.05) is 25.2 Å². The first-order chi connectivity index (χ1) is 10.3. The maximum atomic E-state index is 5.24. The van der Waals surface area contributed by atoms with Crippen molar-refractivity contribution in [1.82, 2.24) is 9.97 Å². The van der Waals surface area contributed by atoms with Crippen molar-refractivity contribution in [2.75, 3.05) is 24.8 Å². The lowest BCUT2D eigenvalue weighted by molar-refractivity contribution is 0.414. The molecule has 0 atom stereocenters. The predicted octanol–water partition coefficient (Wildman–Crippen LogP) is 3.09. The van der Waals surface area contributed by atoms with Crippen molar-refractivity contribution in [2.45, 2.75) is 26.3 Å². The molecule has 0 radical (unpaired) electrons. The molecule has 0 aliphatic heterocycles. The van der Waals surface area contributed by atoms with E-state index < -0.39 is 0 Å². The minimum atomic E-state index is 0.702. The van der Waals surface area contributed by atoms with Crippen LogP contribution in [-0.2, 0) is 13.0 Å². The van der Waals surface area contributed by atoms with Crippen molar-refractivity contribution in [3.05, 3.63) is 41.7 Å². The van der Waals surface area contributed by atoms with Crippen LogP contribution in [0.4, 0.5) is 11.6 Å². The zero-order chi connectivity index (χ0) is 15.1. The van der Waals surface area contributed by atoms with Gasteiger partial charge in [-0.1, -0.05) is 25.5 Å². The summed E-state index contributed by atoms with van der Waals surface area (Å²) in [5, 5.41) is 6.52. The Morgan fingerprint density at radius 3 is 2.71 bits per heavy atom. The third-order valence-electron chi connectivity index (χ3n) is 3.28. The molecule has 1 heterocycles. The molecule has 0 spiro atoms. The standard InChI is InChI=1S/C16H22N4O/c1-4-6-14-15(17-2)19-11-20-16(14)18-10-12-7-5-8-13(9-12)21-3/h5,7-9,11H,4,6,10H2,1-3H3,(H2,17,18,19,20). The highest BCUT2D eigenvalue weighted by atomic mass is 16.5. The van der Waals surface area contributed by atoms with Gasteiger partial charge in [-0.25, -0.2) is 9.97 Å². The average Bonchev–Trinajstić information content (AvgIpc) is 2.54. The maximum absolute atomic E-state index is 5.24. The van der Waals surface area contributed by atoms with Gasteiger partial charge in [0, 0.05) is 19.2 Å². The van der Waals surface area contributed by atoms with Crippen LogP contribution in [-0.4, -0.2) is 24.1 Å². The fourth-order valence-electron chi connectivity index (χ4n) is 2.24. The highest BCUT2D eigenvalue weighted by molar-refractivity contribution is 5.57. The molecule has 0 saturated carbocycles. The summed E-state index contributed by atoms with van der Waals surface area (Å²) in [6.07, 6.45) is 3.58. The minimum Gasteiger partial charge on any atom is -0.497 e. The van der Waals surface area contributed by atoms with E-state index in [1.165, 1.54) is 0 Å². The van der Waals surface area contributed by atoms with E-state index >= 15 is 0 Å². The van der Waals surface area contributed by atoms with Gasteiger partial charge in [0.25, 0.3) is 0 Å². The first kappa shape index (κ1) is 15.1. The largest absolute Gasteiger partial charge is 0.497 e. The smallest absolute Gasteiger partial charge is 0.134 e. The Morgan fingerprint density at radius 1 is 1.19 bits per heavy atom. The van der Waals surface area contributed by atoms with Crippen LogP contribution >= 0.6 is 0 Å². The molecule has 21 heavy (non-hydrogen) atoms. The van der Waals surface area contributed by atoms with Gasteiger partial charge in [-0.15, -0.1) is 0 Å². The zero-order valence-electron chi connectivity index (χ0n) is 12.8. The van der Waals surface area contributed by atoms with Crippen molar-refractivity contribution in [3.8, 4) is 5.75 Å². The maximum Gasteiger partial charge on any atom is 0.134 e. The van der Waals surface area contributed by atoms with Crippen molar-refractivity contribution in [1.29, 1.82) is 0 Å². The number of hydrogen-bond donors (Lipinski definition) is 2. The van der Waals surface area contributed by atoms with E-state index in [0.29, 0.717) is 6.54 Å². The van der Waals surface area contributed by atoms with E-state index in [4.69, 9.17) is 4.74 Å². The summed E-state index contributed by atoms with van der Waals surface area (Å²) >= 11 is 0. The second-order valence-corrected chi connectivity index (χ2v) is 4.75. The topological polar surface area (TPSA) is 59.1 Å². The molecule has 0 amide bonds. The van der Waals surface area contributed by atoms with E-state index in [2.05, 4.69) is 33.6 Å². The number of hydrogen-bond acceptors (Lipinski definition) is 5. The summed E-state index contributed by atoms with van der Waals surface area (Å²) in [5.41, 5.74) is 2.28. The van der Waals surface area contributed by atoms with Crippen LogP contribution < -0.4 is 15.4 Å². The Balaban J connectivity index is 2.15.